The number of halogens is 1. The number of piperidine rings is 1. The molecule has 0 radical (unpaired) electrons. The molecule has 1 aliphatic rings. The zero-order chi connectivity index (χ0) is 16.2. The quantitative estimate of drug-likeness (QED) is 0.870. The van der Waals surface area contributed by atoms with Crippen molar-refractivity contribution in [2.75, 3.05) is 27.3 Å². The molecule has 0 spiro atoms. The summed E-state index contributed by atoms with van der Waals surface area (Å²) in [5.74, 6) is -0.404. The first-order chi connectivity index (χ1) is 10.5. The number of amides is 1. The van der Waals surface area contributed by atoms with Gasteiger partial charge in [0.25, 0.3) is 5.91 Å². The van der Waals surface area contributed by atoms with E-state index in [-0.39, 0.29) is 17.7 Å². The first kappa shape index (κ1) is 16.7. The van der Waals surface area contributed by atoms with Gasteiger partial charge in [-0.1, -0.05) is 6.07 Å². The second-order valence-corrected chi connectivity index (χ2v) is 5.54. The number of rotatable bonds is 5. The smallest absolute Gasteiger partial charge is 0.252 e. The molecule has 0 aromatic heterocycles. The maximum absolute atomic E-state index is 13.8. The normalized spacial score (nSPS) is 18.5. The Hall–Kier alpha value is -1.66. The van der Waals surface area contributed by atoms with Crippen LogP contribution in [0.4, 0.5) is 4.39 Å². The number of hydrogen-bond donors (Lipinski definition) is 2. The molecule has 1 unspecified atom stereocenters. The molecule has 1 amide bonds. The van der Waals surface area contributed by atoms with E-state index in [1.54, 1.807) is 19.2 Å². The van der Waals surface area contributed by atoms with E-state index in [9.17, 15) is 9.18 Å². The highest BCUT2D eigenvalue weighted by Gasteiger charge is 2.40. The van der Waals surface area contributed by atoms with Gasteiger partial charge in [-0.3, -0.25) is 4.79 Å². The van der Waals surface area contributed by atoms with Crippen molar-refractivity contribution in [1.29, 1.82) is 0 Å². The lowest BCUT2D eigenvalue weighted by Gasteiger charge is -2.35. The molecule has 22 heavy (non-hydrogen) atoms. The Labute approximate surface area is 130 Å². The lowest BCUT2D eigenvalue weighted by molar-refractivity contribution is -0.147. The molecule has 1 heterocycles. The van der Waals surface area contributed by atoms with Crippen molar-refractivity contribution in [2.45, 2.75) is 31.4 Å². The van der Waals surface area contributed by atoms with Gasteiger partial charge >= 0.3 is 0 Å². The first-order valence-corrected chi connectivity index (χ1v) is 7.42. The first-order valence-electron chi connectivity index (χ1n) is 7.42. The molecule has 5 nitrogen and oxygen atoms in total. The van der Waals surface area contributed by atoms with Crippen LogP contribution in [0.5, 0.6) is 5.75 Å². The highest BCUT2D eigenvalue weighted by atomic mass is 19.1. The molecule has 2 N–H and O–H groups in total. The molecule has 2 rings (SSSR count). The van der Waals surface area contributed by atoms with Crippen LogP contribution in [-0.4, -0.2) is 38.8 Å². The predicted octanol–water partition coefficient (Wildman–Crippen LogP) is 1.78. The number of carbonyl (C=O) groups excluding carboxylic acids is 1. The van der Waals surface area contributed by atoms with E-state index in [1.165, 1.54) is 13.2 Å². The van der Waals surface area contributed by atoms with Crippen molar-refractivity contribution in [2.24, 2.45) is 0 Å². The molecule has 0 saturated carbocycles. The molecular weight excluding hydrogens is 287 g/mol. The molecule has 1 saturated heterocycles. The summed E-state index contributed by atoms with van der Waals surface area (Å²) in [5, 5.41) is 6.13. The summed E-state index contributed by atoms with van der Waals surface area (Å²) in [4.78, 5) is 12.6. The Bertz CT molecular complexity index is 530. The molecule has 0 aliphatic carbocycles. The summed E-state index contributed by atoms with van der Waals surface area (Å²) in [6.07, 6.45) is 1.25. The van der Waals surface area contributed by atoms with E-state index < -0.39 is 11.4 Å². The molecule has 1 atom stereocenters. The molecule has 0 bridgehead atoms. The van der Waals surface area contributed by atoms with Gasteiger partial charge in [-0.2, -0.15) is 0 Å². The summed E-state index contributed by atoms with van der Waals surface area (Å²) < 4.78 is 24.2. The minimum atomic E-state index is -0.801. The van der Waals surface area contributed by atoms with Gasteiger partial charge in [0.2, 0.25) is 0 Å². The average molecular weight is 310 g/mol. The fraction of sp³-hybridized carbons (Fsp3) is 0.562. The van der Waals surface area contributed by atoms with Gasteiger partial charge < -0.3 is 20.1 Å². The number of hydrogen-bond acceptors (Lipinski definition) is 4. The Morgan fingerprint density at radius 1 is 1.36 bits per heavy atom. The van der Waals surface area contributed by atoms with Gasteiger partial charge in [0.1, 0.15) is 5.60 Å². The number of benzene rings is 1. The third-order valence-corrected chi connectivity index (χ3v) is 4.24. The monoisotopic (exact) mass is 310 g/mol. The van der Waals surface area contributed by atoms with Crippen LogP contribution >= 0.6 is 0 Å². The zero-order valence-electron chi connectivity index (χ0n) is 13.2. The highest BCUT2D eigenvalue weighted by Crippen LogP contribution is 2.26. The summed E-state index contributed by atoms with van der Waals surface area (Å²) in [6, 6.07) is 4.37. The predicted molar refractivity (Wildman–Crippen MR) is 81.4 cm³/mol. The average Bonchev–Trinajstić information content (AvgIpc) is 2.55. The Morgan fingerprint density at radius 3 is 2.59 bits per heavy atom. The maximum atomic E-state index is 13.8. The van der Waals surface area contributed by atoms with Crippen molar-refractivity contribution >= 4 is 5.91 Å². The highest BCUT2D eigenvalue weighted by molar-refractivity contribution is 5.85. The van der Waals surface area contributed by atoms with Gasteiger partial charge in [0.15, 0.2) is 11.6 Å². The molecule has 122 valence electrons. The lowest BCUT2D eigenvalue weighted by atomic mass is 9.90. The van der Waals surface area contributed by atoms with Crippen LogP contribution in [0.2, 0.25) is 0 Å². The van der Waals surface area contributed by atoms with Crippen molar-refractivity contribution in [1.82, 2.24) is 10.6 Å². The second kappa shape index (κ2) is 7.07. The van der Waals surface area contributed by atoms with Crippen LogP contribution in [-0.2, 0) is 9.53 Å². The SMILES string of the molecule is COc1ccc(C(C)NC(=O)C2(OC)CCNCC2)cc1F. The zero-order valence-corrected chi connectivity index (χ0v) is 13.2. The summed E-state index contributed by atoms with van der Waals surface area (Å²) in [5.41, 5.74) is -0.114. The molecule has 1 aromatic rings. The fourth-order valence-electron chi connectivity index (χ4n) is 2.72. The van der Waals surface area contributed by atoms with E-state index in [1.807, 2.05) is 6.92 Å². The fourth-order valence-corrected chi connectivity index (χ4v) is 2.72. The lowest BCUT2D eigenvalue weighted by Crippen LogP contribution is -2.54. The van der Waals surface area contributed by atoms with Gasteiger partial charge in [0, 0.05) is 7.11 Å². The topological polar surface area (TPSA) is 59.6 Å². The molecule has 6 heteroatoms. The standard InChI is InChI=1S/C16H23FN2O3/c1-11(12-4-5-14(21-2)13(17)10-12)19-15(20)16(22-3)6-8-18-9-7-16/h4-5,10-11,18H,6-9H2,1-3H3,(H,19,20). The third-order valence-electron chi connectivity index (χ3n) is 4.24. The van der Waals surface area contributed by atoms with Gasteiger partial charge in [0.05, 0.1) is 13.2 Å². The van der Waals surface area contributed by atoms with Crippen LogP contribution in [0, 0.1) is 5.82 Å². The largest absolute Gasteiger partial charge is 0.494 e. The van der Waals surface area contributed by atoms with E-state index in [4.69, 9.17) is 9.47 Å². The molecular formula is C16H23FN2O3. The van der Waals surface area contributed by atoms with Crippen LogP contribution in [0.15, 0.2) is 18.2 Å². The van der Waals surface area contributed by atoms with Crippen molar-refractivity contribution in [3.8, 4) is 5.75 Å². The Morgan fingerprint density at radius 2 is 2.05 bits per heavy atom. The van der Waals surface area contributed by atoms with Gasteiger partial charge in [-0.15, -0.1) is 0 Å². The van der Waals surface area contributed by atoms with Gasteiger partial charge in [-0.25, -0.2) is 4.39 Å². The molecule has 1 aliphatic heterocycles. The van der Waals surface area contributed by atoms with E-state index in [0.717, 1.165) is 13.1 Å². The Balaban J connectivity index is 2.08. The van der Waals surface area contributed by atoms with Crippen LogP contribution < -0.4 is 15.4 Å². The number of nitrogens with one attached hydrogen (secondary N) is 2. The van der Waals surface area contributed by atoms with E-state index in [0.29, 0.717) is 18.4 Å². The van der Waals surface area contributed by atoms with Crippen molar-refractivity contribution < 1.29 is 18.7 Å². The minimum Gasteiger partial charge on any atom is -0.494 e. The number of carbonyl (C=O) groups is 1. The van der Waals surface area contributed by atoms with Crippen LogP contribution in [0.3, 0.4) is 0 Å². The van der Waals surface area contributed by atoms with Crippen LogP contribution in [0.25, 0.3) is 0 Å². The van der Waals surface area contributed by atoms with Gasteiger partial charge in [-0.05, 0) is 50.6 Å². The second-order valence-electron chi connectivity index (χ2n) is 5.54. The maximum Gasteiger partial charge on any atom is 0.252 e. The Kier molecular flexibility index (Phi) is 5.37. The van der Waals surface area contributed by atoms with Crippen molar-refractivity contribution in [3.63, 3.8) is 0 Å². The third kappa shape index (κ3) is 3.39. The number of methoxy groups -OCH3 is 2. The summed E-state index contributed by atoms with van der Waals surface area (Å²) >= 11 is 0. The summed E-state index contributed by atoms with van der Waals surface area (Å²) in [7, 11) is 2.98. The van der Waals surface area contributed by atoms with E-state index >= 15 is 0 Å². The van der Waals surface area contributed by atoms with Crippen LogP contribution in [0.1, 0.15) is 31.4 Å². The molecule has 1 fully saturated rings. The minimum absolute atomic E-state index is 0.153. The van der Waals surface area contributed by atoms with Crippen molar-refractivity contribution in [3.05, 3.63) is 29.6 Å². The molecule has 1 aromatic carbocycles. The summed E-state index contributed by atoms with van der Waals surface area (Å²) in [6.45, 7) is 3.31. The van der Waals surface area contributed by atoms with E-state index in [2.05, 4.69) is 10.6 Å². The number of ether oxygens (including phenoxy) is 2.